The van der Waals surface area contributed by atoms with Gasteiger partial charge in [-0.3, -0.25) is 14.9 Å². The fourth-order valence-corrected chi connectivity index (χ4v) is 2.70. The molecule has 1 aliphatic heterocycles. The summed E-state index contributed by atoms with van der Waals surface area (Å²) in [7, 11) is 0. The van der Waals surface area contributed by atoms with Crippen LogP contribution in [-0.4, -0.2) is 34.4 Å². The predicted octanol–water partition coefficient (Wildman–Crippen LogP) is 2.08. The molecule has 0 radical (unpaired) electrons. The van der Waals surface area contributed by atoms with Crippen molar-refractivity contribution >= 4 is 17.3 Å². The van der Waals surface area contributed by atoms with E-state index in [9.17, 15) is 14.9 Å². The van der Waals surface area contributed by atoms with E-state index >= 15 is 0 Å². The molecule has 0 spiro atoms. The minimum Gasteiger partial charge on any atom is -0.374 e. The summed E-state index contributed by atoms with van der Waals surface area (Å²) >= 11 is 0. The number of carbonyl (C=O) groups is 1. The second-order valence-corrected chi connectivity index (χ2v) is 5.60. The third kappa shape index (κ3) is 2.45. The van der Waals surface area contributed by atoms with Crippen LogP contribution in [0, 0.1) is 17.0 Å². The maximum absolute atomic E-state index is 11.9. The lowest BCUT2D eigenvalue weighted by atomic mass is 10.1. The third-order valence-electron chi connectivity index (χ3n) is 3.86. The van der Waals surface area contributed by atoms with E-state index in [1.807, 2.05) is 17.9 Å². The van der Waals surface area contributed by atoms with E-state index in [1.165, 1.54) is 0 Å². The smallest absolute Gasteiger partial charge is 0.292 e. The fourth-order valence-electron chi connectivity index (χ4n) is 2.70. The molecule has 0 bridgehead atoms. The van der Waals surface area contributed by atoms with E-state index < -0.39 is 0 Å². The molecular weight excluding hydrogens is 258 g/mol. The number of hydrogen-bond acceptors (Lipinski definition) is 4. The zero-order chi connectivity index (χ0) is 14.3. The quantitative estimate of drug-likeness (QED) is 0.674. The number of aryl methyl sites for hydroxylation is 1. The Labute approximate surface area is 116 Å². The summed E-state index contributed by atoms with van der Waals surface area (Å²) in [6.07, 6.45) is 2.59. The van der Waals surface area contributed by atoms with E-state index in [0.29, 0.717) is 24.7 Å². The molecule has 20 heavy (non-hydrogen) atoms. The number of likely N-dealkylation sites (tertiary alicyclic amines) is 1. The van der Waals surface area contributed by atoms with Crippen LogP contribution in [0.1, 0.15) is 24.8 Å². The lowest BCUT2D eigenvalue weighted by Crippen LogP contribution is -2.29. The molecule has 2 aliphatic rings. The van der Waals surface area contributed by atoms with Gasteiger partial charge in [-0.2, -0.15) is 0 Å². The number of nitrogens with zero attached hydrogens (tertiary/aromatic N) is 2. The zero-order valence-corrected chi connectivity index (χ0v) is 11.3. The number of benzene rings is 1. The molecule has 1 aromatic rings. The Morgan fingerprint density at radius 1 is 1.40 bits per heavy atom. The minimum atomic E-state index is -0.384. The molecule has 1 aliphatic carbocycles. The highest BCUT2D eigenvalue weighted by molar-refractivity contribution is 5.81. The van der Waals surface area contributed by atoms with Gasteiger partial charge in [-0.05, 0) is 31.4 Å². The van der Waals surface area contributed by atoms with Crippen LogP contribution in [-0.2, 0) is 4.79 Å². The molecule has 1 atom stereocenters. The highest BCUT2D eigenvalue weighted by Crippen LogP contribution is 2.33. The summed E-state index contributed by atoms with van der Waals surface area (Å²) in [5, 5.41) is 14.2. The largest absolute Gasteiger partial charge is 0.374 e. The van der Waals surface area contributed by atoms with Crippen molar-refractivity contribution in [2.45, 2.75) is 38.3 Å². The highest BCUT2D eigenvalue weighted by atomic mass is 16.6. The Morgan fingerprint density at radius 2 is 2.15 bits per heavy atom. The van der Waals surface area contributed by atoms with Crippen molar-refractivity contribution in [1.82, 2.24) is 4.90 Å². The molecule has 1 saturated carbocycles. The first kappa shape index (κ1) is 12.9. The molecule has 2 fully saturated rings. The molecule has 6 nitrogen and oxygen atoms in total. The Balaban J connectivity index is 1.75. The predicted molar refractivity (Wildman–Crippen MR) is 74.6 cm³/mol. The van der Waals surface area contributed by atoms with Crippen molar-refractivity contribution in [1.29, 1.82) is 0 Å². The molecular formula is C14H17N3O3. The maximum atomic E-state index is 11.9. The number of anilines is 1. The molecule has 6 heteroatoms. The van der Waals surface area contributed by atoms with E-state index in [4.69, 9.17) is 0 Å². The van der Waals surface area contributed by atoms with E-state index in [1.54, 1.807) is 12.1 Å². The third-order valence-corrected chi connectivity index (χ3v) is 3.86. The molecule has 1 N–H and O–H groups in total. The lowest BCUT2D eigenvalue weighted by Gasteiger charge is -2.17. The first-order chi connectivity index (χ1) is 9.54. The summed E-state index contributed by atoms with van der Waals surface area (Å²) in [4.78, 5) is 24.5. The van der Waals surface area contributed by atoms with Crippen LogP contribution >= 0.6 is 0 Å². The van der Waals surface area contributed by atoms with Crippen molar-refractivity contribution in [2.24, 2.45) is 0 Å². The Kier molecular flexibility index (Phi) is 3.08. The van der Waals surface area contributed by atoms with Crippen molar-refractivity contribution < 1.29 is 9.72 Å². The van der Waals surface area contributed by atoms with Crippen LogP contribution < -0.4 is 5.32 Å². The lowest BCUT2D eigenvalue weighted by molar-refractivity contribution is -0.384. The number of amides is 1. The van der Waals surface area contributed by atoms with Crippen LogP contribution in [0.15, 0.2) is 18.2 Å². The number of carbonyl (C=O) groups excluding carboxylic acids is 1. The SMILES string of the molecule is Cc1ccc(NC2CC(=O)N(C3CC3)C2)c([N+](=O)[O-])c1. The molecule has 1 unspecified atom stereocenters. The van der Waals surface area contributed by atoms with Gasteiger partial charge in [-0.1, -0.05) is 6.07 Å². The number of hydrogen-bond donors (Lipinski definition) is 1. The zero-order valence-electron chi connectivity index (χ0n) is 11.3. The van der Waals surface area contributed by atoms with E-state index in [0.717, 1.165) is 18.4 Å². The second kappa shape index (κ2) is 4.77. The average Bonchev–Trinajstić information content (AvgIpc) is 3.16. The van der Waals surface area contributed by atoms with E-state index in [2.05, 4.69) is 5.32 Å². The number of nitrogens with one attached hydrogen (secondary N) is 1. The summed E-state index contributed by atoms with van der Waals surface area (Å²) < 4.78 is 0. The van der Waals surface area contributed by atoms with Crippen LogP contribution in [0.5, 0.6) is 0 Å². The normalized spacial score (nSPS) is 22.1. The van der Waals surface area contributed by atoms with Crippen LogP contribution in [0.25, 0.3) is 0 Å². The maximum Gasteiger partial charge on any atom is 0.292 e. The van der Waals surface area contributed by atoms with Gasteiger partial charge < -0.3 is 10.2 Å². The summed E-state index contributed by atoms with van der Waals surface area (Å²) in [5.74, 6) is 0.153. The first-order valence-electron chi connectivity index (χ1n) is 6.85. The van der Waals surface area contributed by atoms with Crippen molar-refractivity contribution in [2.75, 3.05) is 11.9 Å². The standard InChI is InChI=1S/C14H17N3O3/c1-9-2-5-12(13(6-9)17(19)20)15-10-7-14(18)16(8-10)11-3-4-11/h2,5-6,10-11,15H,3-4,7-8H2,1H3. The Hall–Kier alpha value is -2.11. The highest BCUT2D eigenvalue weighted by Gasteiger charge is 2.39. The van der Waals surface area contributed by atoms with Gasteiger partial charge in [0.25, 0.3) is 5.69 Å². The van der Waals surface area contributed by atoms with Crippen LogP contribution in [0.2, 0.25) is 0 Å². The Bertz CT molecular complexity index is 569. The number of nitro benzene ring substituents is 1. The topological polar surface area (TPSA) is 75.5 Å². The van der Waals surface area contributed by atoms with Crippen molar-refractivity contribution in [3.05, 3.63) is 33.9 Å². The number of rotatable bonds is 4. The molecule has 1 saturated heterocycles. The average molecular weight is 275 g/mol. The van der Waals surface area contributed by atoms with Crippen molar-refractivity contribution in [3.63, 3.8) is 0 Å². The van der Waals surface area contributed by atoms with Gasteiger partial charge in [-0.15, -0.1) is 0 Å². The summed E-state index contributed by atoms with van der Waals surface area (Å²) in [5.41, 5.74) is 1.42. The molecule has 1 amide bonds. The summed E-state index contributed by atoms with van der Waals surface area (Å²) in [6, 6.07) is 5.48. The molecule has 106 valence electrons. The van der Waals surface area contributed by atoms with Gasteiger partial charge in [0.05, 0.1) is 11.0 Å². The Morgan fingerprint density at radius 3 is 2.80 bits per heavy atom. The fraction of sp³-hybridized carbons (Fsp3) is 0.500. The van der Waals surface area contributed by atoms with E-state index in [-0.39, 0.29) is 22.6 Å². The summed E-state index contributed by atoms with van der Waals surface area (Å²) in [6.45, 7) is 2.47. The minimum absolute atomic E-state index is 0.0375. The molecule has 1 aromatic carbocycles. The van der Waals surface area contributed by atoms with Gasteiger partial charge in [-0.25, -0.2) is 0 Å². The van der Waals surface area contributed by atoms with Gasteiger partial charge in [0.2, 0.25) is 5.91 Å². The number of nitro groups is 1. The molecule has 0 aromatic heterocycles. The monoisotopic (exact) mass is 275 g/mol. The first-order valence-corrected chi connectivity index (χ1v) is 6.85. The van der Waals surface area contributed by atoms with Crippen LogP contribution in [0.4, 0.5) is 11.4 Å². The van der Waals surface area contributed by atoms with Crippen molar-refractivity contribution in [3.8, 4) is 0 Å². The molecule has 3 rings (SSSR count). The van der Waals surface area contributed by atoms with Gasteiger partial charge >= 0.3 is 0 Å². The molecule has 1 heterocycles. The van der Waals surface area contributed by atoms with Gasteiger partial charge in [0, 0.05) is 25.1 Å². The van der Waals surface area contributed by atoms with Gasteiger partial charge in [0.1, 0.15) is 5.69 Å². The van der Waals surface area contributed by atoms with Crippen LogP contribution in [0.3, 0.4) is 0 Å². The van der Waals surface area contributed by atoms with Gasteiger partial charge in [0.15, 0.2) is 0 Å². The second-order valence-electron chi connectivity index (χ2n) is 5.60.